The number of nitrogens with one attached hydrogen (secondary N) is 1. The molecule has 0 bridgehead atoms. The lowest BCUT2D eigenvalue weighted by Crippen LogP contribution is -2.05. The average Bonchev–Trinajstić information content (AvgIpc) is 2.11. The first kappa shape index (κ1) is 11.4. The molecule has 14 heavy (non-hydrogen) atoms. The summed E-state index contributed by atoms with van der Waals surface area (Å²) in [7, 11) is 1.91. The summed E-state index contributed by atoms with van der Waals surface area (Å²) in [4.78, 5) is 0. The number of rotatable bonds is 4. The minimum absolute atomic E-state index is 0.215. The maximum atomic E-state index is 12.9. The maximum absolute atomic E-state index is 12.9. The largest absolute Gasteiger partial charge is 0.319 e. The molecule has 0 amide bonds. The zero-order chi connectivity index (χ0) is 10.4. The van der Waals surface area contributed by atoms with Gasteiger partial charge in [-0.25, -0.2) is 4.39 Å². The summed E-state index contributed by atoms with van der Waals surface area (Å²) >= 11 is 3.25. The van der Waals surface area contributed by atoms with Crippen molar-refractivity contribution in [2.24, 2.45) is 0 Å². The highest BCUT2D eigenvalue weighted by Gasteiger charge is 1.94. The molecule has 0 saturated heterocycles. The van der Waals surface area contributed by atoms with Gasteiger partial charge < -0.3 is 5.32 Å². The van der Waals surface area contributed by atoms with Crippen molar-refractivity contribution in [3.05, 3.63) is 40.1 Å². The van der Waals surface area contributed by atoms with Crippen molar-refractivity contribution in [1.82, 2.24) is 5.32 Å². The fraction of sp³-hybridized carbons (Fsp3) is 0.273. The van der Waals surface area contributed by atoms with Crippen LogP contribution in [-0.2, 0) is 0 Å². The Labute approximate surface area is 92.1 Å². The first-order chi connectivity index (χ1) is 6.72. The third-order valence-electron chi connectivity index (χ3n) is 1.76. The summed E-state index contributed by atoms with van der Waals surface area (Å²) in [5.74, 6) is -0.215. The van der Waals surface area contributed by atoms with Gasteiger partial charge in [-0.3, -0.25) is 0 Å². The normalized spacial score (nSPS) is 11.1. The minimum atomic E-state index is -0.215. The topological polar surface area (TPSA) is 12.0 Å². The molecule has 0 fully saturated rings. The van der Waals surface area contributed by atoms with E-state index >= 15 is 0 Å². The predicted molar refractivity (Wildman–Crippen MR) is 61.7 cm³/mol. The molecule has 0 aliphatic heterocycles. The Morgan fingerprint density at radius 3 is 2.86 bits per heavy atom. The highest BCUT2D eigenvalue weighted by atomic mass is 79.9. The van der Waals surface area contributed by atoms with Gasteiger partial charge >= 0.3 is 0 Å². The third-order valence-corrected chi connectivity index (χ3v) is 2.21. The molecule has 0 aromatic heterocycles. The summed E-state index contributed by atoms with van der Waals surface area (Å²) in [5, 5.41) is 3.04. The van der Waals surface area contributed by atoms with Crippen molar-refractivity contribution in [3.63, 3.8) is 0 Å². The third kappa shape index (κ3) is 4.03. The van der Waals surface area contributed by atoms with Gasteiger partial charge in [-0.05, 0) is 43.8 Å². The number of benzene rings is 1. The monoisotopic (exact) mass is 257 g/mol. The Kier molecular flexibility index (Phi) is 4.84. The summed E-state index contributed by atoms with van der Waals surface area (Å²) in [5.41, 5.74) is 0.882. The van der Waals surface area contributed by atoms with Crippen molar-refractivity contribution < 1.29 is 4.39 Å². The summed E-state index contributed by atoms with van der Waals surface area (Å²) in [6, 6.07) is 4.85. The van der Waals surface area contributed by atoms with Crippen LogP contribution >= 0.6 is 15.9 Å². The molecule has 0 aliphatic carbocycles. The van der Waals surface area contributed by atoms with Gasteiger partial charge in [0.2, 0.25) is 0 Å². The highest BCUT2D eigenvalue weighted by Crippen LogP contribution is 2.15. The van der Waals surface area contributed by atoms with Crippen LogP contribution in [0.3, 0.4) is 0 Å². The van der Waals surface area contributed by atoms with E-state index in [2.05, 4.69) is 21.2 Å². The van der Waals surface area contributed by atoms with Crippen LogP contribution in [0.1, 0.15) is 12.0 Å². The van der Waals surface area contributed by atoms with E-state index in [0.29, 0.717) is 0 Å². The van der Waals surface area contributed by atoms with Gasteiger partial charge in [0.1, 0.15) is 5.82 Å². The van der Waals surface area contributed by atoms with E-state index in [0.717, 1.165) is 23.0 Å². The SMILES string of the molecule is CNCCC=Cc1cc(F)cc(Br)c1. The first-order valence-electron chi connectivity index (χ1n) is 4.49. The average molecular weight is 258 g/mol. The molecule has 0 saturated carbocycles. The molecule has 76 valence electrons. The zero-order valence-corrected chi connectivity index (χ0v) is 9.64. The number of hydrogen-bond acceptors (Lipinski definition) is 1. The molecule has 0 radical (unpaired) electrons. The lowest BCUT2D eigenvalue weighted by molar-refractivity contribution is 0.626. The number of hydrogen-bond donors (Lipinski definition) is 1. The Morgan fingerprint density at radius 1 is 1.43 bits per heavy atom. The van der Waals surface area contributed by atoms with Crippen molar-refractivity contribution in [3.8, 4) is 0 Å². The molecule has 1 aromatic rings. The van der Waals surface area contributed by atoms with E-state index in [1.807, 2.05) is 25.3 Å². The van der Waals surface area contributed by atoms with Crippen molar-refractivity contribution >= 4 is 22.0 Å². The standard InChI is InChI=1S/C11H13BrFN/c1-14-5-3-2-4-9-6-10(12)8-11(13)7-9/h2,4,6-8,14H,3,5H2,1H3. The molecule has 0 aliphatic rings. The summed E-state index contributed by atoms with van der Waals surface area (Å²) < 4.78 is 13.7. The Morgan fingerprint density at radius 2 is 2.21 bits per heavy atom. The van der Waals surface area contributed by atoms with Crippen LogP contribution in [0.15, 0.2) is 28.7 Å². The Bertz CT molecular complexity index is 303. The Hall–Kier alpha value is -0.670. The van der Waals surface area contributed by atoms with Crippen molar-refractivity contribution in [2.75, 3.05) is 13.6 Å². The molecule has 0 heterocycles. The molecule has 0 spiro atoms. The van der Waals surface area contributed by atoms with Gasteiger partial charge in [0.15, 0.2) is 0 Å². The van der Waals surface area contributed by atoms with Crippen LogP contribution in [0.5, 0.6) is 0 Å². The number of halogens is 2. The van der Waals surface area contributed by atoms with Gasteiger partial charge in [0.05, 0.1) is 0 Å². The van der Waals surface area contributed by atoms with Crippen LogP contribution in [0, 0.1) is 5.82 Å². The molecule has 3 heteroatoms. The van der Waals surface area contributed by atoms with Gasteiger partial charge in [-0.15, -0.1) is 0 Å². The molecule has 0 unspecified atom stereocenters. The highest BCUT2D eigenvalue weighted by molar-refractivity contribution is 9.10. The lowest BCUT2D eigenvalue weighted by atomic mass is 10.2. The molecule has 1 rings (SSSR count). The van der Waals surface area contributed by atoms with E-state index in [-0.39, 0.29) is 5.82 Å². The molecule has 1 nitrogen and oxygen atoms in total. The van der Waals surface area contributed by atoms with Crippen LogP contribution < -0.4 is 5.32 Å². The fourth-order valence-electron chi connectivity index (χ4n) is 1.12. The fourth-order valence-corrected chi connectivity index (χ4v) is 1.60. The smallest absolute Gasteiger partial charge is 0.124 e. The lowest BCUT2D eigenvalue weighted by Gasteiger charge is -1.96. The van der Waals surface area contributed by atoms with Gasteiger partial charge in [0.25, 0.3) is 0 Å². The van der Waals surface area contributed by atoms with Crippen LogP contribution in [0.25, 0.3) is 6.08 Å². The van der Waals surface area contributed by atoms with E-state index in [4.69, 9.17) is 0 Å². The molecule has 0 atom stereocenters. The van der Waals surface area contributed by atoms with E-state index in [1.165, 1.54) is 12.1 Å². The maximum Gasteiger partial charge on any atom is 0.124 e. The van der Waals surface area contributed by atoms with Crippen LogP contribution in [0.4, 0.5) is 4.39 Å². The summed E-state index contributed by atoms with van der Waals surface area (Å²) in [6.07, 6.45) is 4.90. The van der Waals surface area contributed by atoms with Gasteiger partial charge in [-0.1, -0.05) is 28.1 Å². The van der Waals surface area contributed by atoms with Crippen molar-refractivity contribution in [1.29, 1.82) is 0 Å². The second-order valence-electron chi connectivity index (χ2n) is 3.00. The van der Waals surface area contributed by atoms with Gasteiger partial charge in [-0.2, -0.15) is 0 Å². The second kappa shape index (κ2) is 5.94. The molecule has 1 N–H and O–H groups in total. The van der Waals surface area contributed by atoms with Crippen molar-refractivity contribution in [2.45, 2.75) is 6.42 Å². The van der Waals surface area contributed by atoms with E-state index in [1.54, 1.807) is 0 Å². The van der Waals surface area contributed by atoms with Gasteiger partial charge in [0, 0.05) is 4.47 Å². The van der Waals surface area contributed by atoms with E-state index in [9.17, 15) is 4.39 Å². The quantitative estimate of drug-likeness (QED) is 0.818. The first-order valence-corrected chi connectivity index (χ1v) is 5.29. The molecular weight excluding hydrogens is 245 g/mol. The minimum Gasteiger partial charge on any atom is -0.319 e. The second-order valence-corrected chi connectivity index (χ2v) is 3.91. The predicted octanol–water partition coefficient (Wildman–Crippen LogP) is 3.21. The van der Waals surface area contributed by atoms with Crippen LogP contribution in [0.2, 0.25) is 0 Å². The molecular formula is C11H13BrFN. The Balaban J connectivity index is 2.62. The zero-order valence-electron chi connectivity index (χ0n) is 8.06. The summed E-state index contributed by atoms with van der Waals surface area (Å²) in [6.45, 7) is 0.937. The van der Waals surface area contributed by atoms with E-state index < -0.39 is 0 Å². The van der Waals surface area contributed by atoms with Crippen LogP contribution in [-0.4, -0.2) is 13.6 Å². The molecule has 1 aromatic carbocycles.